The van der Waals surface area contributed by atoms with Crippen LogP contribution in [-0.4, -0.2) is 15.9 Å². The van der Waals surface area contributed by atoms with Gasteiger partial charge in [-0.25, -0.2) is 0 Å². The van der Waals surface area contributed by atoms with Crippen molar-refractivity contribution in [3.05, 3.63) is 12.2 Å². The number of halogens is 1. The normalized spacial score (nSPS) is 12.8. The number of alkyl halides is 1. The number of aliphatic carboxylic acids is 1. The van der Waals surface area contributed by atoms with Crippen molar-refractivity contribution in [3.63, 3.8) is 0 Å². The maximum atomic E-state index is 10.4. The second-order valence-electron chi connectivity index (χ2n) is 6.21. The molecule has 0 heterocycles. The molecule has 0 aliphatic heterocycles. The fourth-order valence-electron chi connectivity index (χ4n) is 2.52. The van der Waals surface area contributed by atoms with Gasteiger partial charge in [-0.3, -0.25) is 4.79 Å². The van der Waals surface area contributed by atoms with Gasteiger partial charge in [-0.2, -0.15) is 0 Å². The highest BCUT2D eigenvalue weighted by atomic mass is 79.9. The van der Waals surface area contributed by atoms with E-state index in [9.17, 15) is 4.79 Å². The van der Waals surface area contributed by atoms with Gasteiger partial charge in [0, 0.05) is 11.2 Å². The monoisotopic (exact) mass is 374 g/mol. The SMILES string of the molecule is CCCCCCC(Br)CC=CCCCCCCCCC(=O)O. The molecule has 0 aliphatic carbocycles. The number of carboxylic acid groups (broad SMARTS) is 1. The first kappa shape index (κ1) is 21.7. The summed E-state index contributed by atoms with van der Waals surface area (Å²) in [5.41, 5.74) is 0. The summed E-state index contributed by atoms with van der Waals surface area (Å²) in [7, 11) is 0. The van der Waals surface area contributed by atoms with Gasteiger partial charge in [-0.1, -0.05) is 86.4 Å². The number of carbonyl (C=O) groups is 1. The summed E-state index contributed by atoms with van der Waals surface area (Å²) < 4.78 is 0. The Hall–Kier alpha value is -0.310. The average molecular weight is 375 g/mol. The van der Waals surface area contributed by atoms with Gasteiger partial charge in [-0.15, -0.1) is 0 Å². The summed E-state index contributed by atoms with van der Waals surface area (Å²) in [5.74, 6) is -0.666. The lowest BCUT2D eigenvalue weighted by Crippen LogP contribution is -1.95. The second kappa shape index (κ2) is 17.1. The second-order valence-corrected chi connectivity index (χ2v) is 7.50. The van der Waals surface area contributed by atoms with Crippen molar-refractivity contribution < 1.29 is 9.90 Å². The van der Waals surface area contributed by atoms with Crippen LogP contribution >= 0.6 is 15.9 Å². The van der Waals surface area contributed by atoms with Crippen LogP contribution in [0.25, 0.3) is 0 Å². The highest BCUT2D eigenvalue weighted by Crippen LogP contribution is 2.16. The zero-order valence-electron chi connectivity index (χ0n) is 14.4. The van der Waals surface area contributed by atoms with Crippen LogP contribution in [0, 0.1) is 0 Å². The minimum absolute atomic E-state index is 0.328. The van der Waals surface area contributed by atoms with Gasteiger partial charge in [-0.05, 0) is 32.1 Å². The molecule has 22 heavy (non-hydrogen) atoms. The lowest BCUT2D eigenvalue weighted by atomic mass is 10.1. The average Bonchev–Trinajstić information content (AvgIpc) is 2.49. The number of hydrogen-bond donors (Lipinski definition) is 1. The van der Waals surface area contributed by atoms with Crippen LogP contribution in [0.3, 0.4) is 0 Å². The van der Waals surface area contributed by atoms with Crippen LogP contribution in [0.4, 0.5) is 0 Å². The Balaban J connectivity index is 3.24. The first-order valence-corrected chi connectivity index (χ1v) is 10.1. The van der Waals surface area contributed by atoms with E-state index in [0.29, 0.717) is 11.2 Å². The van der Waals surface area contributed by atoms with E-state index in [4.69, 9.17) is 5.11 Å². The molecule has 0 rings (SSSR count). The summed E-state index contributed by atoms with van der Waals surface area (Å²) in [5, 5.41) is 8.54. The molecule has 0 fully saturated rings. The number of unbranched alkanes of at least 4 members (excludes halogenated alkanes) is 9. The maximum absolute atomic E-state index is 10.4. The van der Waals surface area contributed by atoms with Crippen LogP contribution in [0.15, 0.2) is 12.2 Å². The van der Waals surface area contributed by atoms with Crippen molar-refractivity contribution in [1.29, 1.82) is 0 Å². The van der Waals surface area contributed by atoms with Crippen molar-refractivity contribution in [1.82, 2.24) is 0 Å². The molecule has 0 radical (unpaired) electrons. The number of allylic oxidation sites excluding steroid dienone is 2. The summed E-state index contributed by atoms with van der Waals surface area (Å²) in [4.78, 5) is 11.0. The Morgan fingerprint density at radius 2 is 1.59 bits per heavy atom. The van der Waals surface area contributed by atoms with Gasteiger partial charge in [0.2, 0.25) is 0 Å². The highest BCUT2D eigenvalue weighted by Gasteiger charge is 2.00. The van der Waals surface area contributed by atoms with E-state index in [2.05, 4.69) is 35.0 Å². The van der Waals surface area contributed by atoms with E-state index < -0.39 is 5.97 Å². The Bertz CT molecular complexity index is 277. The predicted octanol–water partition coefficient (Wildman–Crippen LogP) is 6.87. The Morgan fingerprint density at radius 1 is 0.955 bits per heavy atom. The molecule has 1 atom stereocenters. The lowest BCUT2D eigenvalue weighted by Gasteiger charge is -2.06. The van der Waals surface area contributed by atoms with Crippen LogP contribution in [0.1, 0.15) is 96.8 Å². The minimum atomic E-state index is -0.666. The summed E-state index contributed by atoms with van der Waals surface area (Å²) in [6.45, 7) is 2.25. The molecule has 130 valence electrons. The number of carboxylic acids is 1. The van der Waals surface area contributed by atoms with Crippen molar-refractivity contribution in [2.45, 2.75) is 102 Å². The summed E-state index contributed by atoms with van der Waals surface area (Å²) in [6, 6.07) is 0. The van der Waals surface area contributed by atoms with E-state index in [1.165, 1.54) is 64.2 Å². The largest absolute Gasteiger partial charge is 0.481 e. The van der Waals surface area contributed by atoms with Crippen molar-refractivity contribution in [2.24, 2.45) is 0 Å². The topological polar surface area (TPSA) is 37.3 Å². The Morgan fingerprint density at radius 3 is 2.27 bits per heavy atom. The zero-order valence-corrected chi connectivity index (χ0v) is 16.0. The van der Waals surface area contributed by atoms with E-state index >= 15 is 0 Å². The highest BCUT2D eigenvalue weighted by molar-refractivity contribution is 9.09. The molecule has 2 nitrogen and oxygen atoms in total. The van der Waals surface area contributed by atoms with E-state index in [1.807, 2.05) is 0 Å². The third-order valence-corrected chi connectivity index (χ3v) is 4.77. The molecule has 1 N–H and O–H groups in total. The smallest absolute Gasteiger partial charge is 0.303 e. The molecule has 0 saturated heterocycles. The standard InChI is InChI=1S/C19H35BrO2/c1-2-3-4-12-15-18(20)16-13-10-8-6-5-7-9-11-14-17-19(21)22/h10,13,18H,2-9,11-12,14-17H2,1H3,(H,21,22). The van der Waals surface area contributed by atoms with Crippen LogP contribution in [0.5, 0.6) is 0 Å². The molecular formula is C19H35BrO2. The molecule has 0 saturated carbocycles. The zero-order chi connectivity index (χ0) is 16.5. The van der Waals surface area contributed by atoms with Gasteiger partial charge < -0.3 is 5.11 Å². The molecule has 1 unspecified atom stereocenters. The van der Waals surface area contributed by atoms with Crippen LogP contribution in [-0.2, 0) is 4.79 Å². The van der Waals surface area contributed by atoms with Gasteiger partial charge in [0.05, 0.1) is 0 Å². The summed E-state index contributed by atoms with van der Waals surface area (Å²) in [6.07, 6.45) is 20.9. The first-order chi connectivity index (χ1) is 10.7. The molecular weight excluding hydrogens is 340 g/mol. The molecule has 0 aromatic carbocycles. The van der Waals surface area contributed by atoms with E-state index in [1.54, 1.807) is 0 Å². The Labute approximate surface area is 145 Å². The van der Waals surface area contributed by atoms with Gasteiger partial charge in [0.1, 0.15) is 0 Å². The first-order valence-electron chi connectivity index (χ1n) is 9.17. The molecule has 0 spiro atoms. The van der Waals surface area contributed by atoms with Crippen LogP contribution < -0.4 is 0 Å². The predicted molar refractivity (Wildman–Crippen MR) is 99.8 cm³/mol. The quantitative estimate of drug-likeness (QED) is 0.181. The Kier molecular flexibility index (Phi) is 16.8. The van der Waals surface area contributed by atoms with Gasteiger partial charge >= 0.3 is 5.97 Å². The van der Waals surface area contributed by atoms with E-state index in [-0.39, 0.29) is 0 Å². The van der Waals surface area contributed by atoms with Gasteiger partial charge in [0.15, 0.2) is 0 Å². The molecule has 0 amide bonds. The van der Waals surface area contributed by atoms with Gasteiger partial charge in [0.25, 0.3) is 0 Å². The minimum Gasteiger partial charge on any atom is -0.481 e. The number of rotatable bonds is 16. The third-order valence-electron chi connectivity index (χ3n) is 3.94. The fourth-order valence-corrected chi connectivity index (χ4v) is 3.06. The molecule has 0 aromatic heterocycles. The van der Waals surface area contributed by atoms with E-state index in [0.717, 1.165) is 19.3 Å². The van der Waals surface area contributed by atoms with Crippen molar-refractivity contribution in [2.75, 3.05) is 0 Å². The summed E-state index contributed by atoms with van der Waals surface area (Å²) >= 11 is 3.77. The molecule has 0 bridgehead atoms. The maximum Gasteiger partial charge on any atom is 0.303 e. The van der Waals surface area contributed by atoms with Crippen LogP contribution in [0.2, 0.25) is 0 Å². The fraction of sp³-hybridized carbons (Fsp3) is 0.842. The van der Waals surface area contributed by atoms with Crippen molar-refractivity contribution >= 4 is 21.9 Å². The number of hydrogen-bond acceptors (Lipinski definition) is 1. The molecule has 3 heteroatoms. The molecule has 0 aromatic rings. The van der Waals surface area contributed by atoms with Crippen molar-refractivity contribution in [3.8, 4) is 0 Å². The lowest BCUT2D eigenvalue weighted by molar-refractivity contribution is -0.137. The third kappa shape index (κ3) is 17.7. The molecule has 0 aliphatic rings.